The summed E-state index contributed by atoms with van der Waals surface area (Å²) in [4.78, 5) is 22.5. The van der Waals surface area contributed by atoms with Crippen LogP contribution in [0.1, 0.15) is 12.8 Å². The molecule has 1 aromatic rings. The Morgan fingerprint density at radius 3 is 2.24 bits per heavy atom. The maximum atomic E-state index is 12.1. The zero-order chi connectivity index (χ0) is 15.7. The van der Waals surface area contributed by atoms with Crippen LogP contribution >= 0.6 is 0 Å². The molecule has 0 aliphatic rings. The minimum Gasteiger partial charge on any atom is -0.482 e. The smallest absolute Gasteiger partial charge is 0.341 e. The van der Waals surface area contributed by atoms with Gasteiger partial charge in [-0.25, -0.2) is 4.79 Å². The van der Waals surface area contributed by atoms with Crippen molar-refractivity contribution in [3.05, 3.63) is 49.6 Å². The highest BCUT2D eigenvalue weighted by atomic mass is 16.5. The first-order valence-corrected chi connectivity index (χ1v) is 6.54. The molecule has 1 aromatic carbocycles. The fourth-order valence-corrected chi connectivity index (χ4v) is 1.74. The molecule has 0 atom stereocenters. The third-order valence-electron chi connectivity index (χ3n) is 2.76. The number of carbonyl (C=O) groups is 2. The Hall–Kier alpha value is -2.56. The maximum Gasteiger partial charge on any atom is 0.341 e. The number of carboxylic acid groups (broad SMARTS) is 1. The van der Waals surface area contributed by atoms with Gasteiger partial charge >= 0.3 is 5.97 Å². The molecule has 0 heterocycles. The van der Waals surface area contributed by atoms with Crippen molar-refractivity contribution < 1.29 is 19.4 Å². The highest BCUT2D eigenvalue weighted by molar-refractivity contribution is 5.92. The molecule has 5 nitrogen and oxygen atoms in total. The topological polar surface area (TPSA) is 75.6 Å². The third-order valence-corrected chi connectivity index (χ3v) is 2.76. The normalized spacial score (nSPS) is 9.95. The zero-order valence-electron chi connectivity index (χ0n) is 11.7. The van der Waals surface area contributed by atoms with Crippen LogP contribution in [0.25, 0.3) is 0 Å². The second kappa shape index (κ2) is 8.58. The molecule has 1 rings (SSSR count). The van der Waals surface area contributed by atoms with E-state index in [1.165, 1.54) is 0 Å². The number of amides is 1. The Kier molecular flexibility index (Phi) is 6.74. The van der Waals surface area contributed by atoms with E-state index >= 15 is 0 Å². The van der Waals surface area contributed by atoms with Crippen LogP contribution in [-0.2, 0) is 9.59 Å². The van der Waals surface area contributed by atoms with Crippen molar-refractivity contribution in [3.8, 4) is 5.75 Å². The molecule has 0 saturated carbocycles. The number of rotatable bonds is 9. The molecule has 2 N–H and O–H groups in total. The van der Waals surface area contributed by atoms with Gasteiger partial charge in [0.25, 0.3) is 0 Å². The average molecular weight is 289 g/mol. The fourth-order valence-electron chi connectivity index (χ4n) is 1.74. The molecule has 0 aromatic heterocycles. The second-order valence-corrected chi connectivity index (χ2v) is 4.44. The Balaban J connectivity index is 2.61. The molecular weight excluding hydrogens is 270 g/mol. The number of anilines is 1. The molecule has 0 aliphatic carbocycles. The lowest BCUT2D eigenvalue weighted by Gasteiger charge is -2.13. The van der Waals surface area contributed by atoms with Crippen molar-refractivity contribution in [2.45, 2.75) is 12.8 Å². The Morgan fingerprint density at radius 2 is 1.76 bits per heavy atom. The summed E-state index contributed by atoms with van der Waals surface area (Å²) >= 11 is 0. The van der Waals surface area contributed by atoms with Gasteiger partial charge in [-0.3, -0.25) is 4.79 Å². The van der Waals surface area contributed by atoms with Gasteiger partial charge in [0, 0.05) is 11.6 Å². The molecule has 0 radical (unpaired) electrons. The summed E-state index contributed by atoms with van der Waals surface area (Å²) < 4.78 is 5.01. The van der Waals surface area contributed by atoms with Crippen molar-refractivity contribution in [1.29, 1.82) is 0 Å². The molecule has 5 heteroatoms. The van der Waals surface area contributed by atoms with E-state index in [2.05, 4.69) is 18.5 Å². The quantitative estimate of drug-likeness (QED) is 0.685. The van der Waals surface area contributed by atoms with Crippen LogP contribution in [0.3, 0.4) is 0 Å². The summed E-state index contributed by atoms with van der Waals surface area (Å²) in [6.07, 6.45) is 4.57. The first-order valence-electron chi connectivity index (χ1n) is 6.54. The van der Waals surface area contributed by atoms with Gasteiger partial charge in [0.05, 0.1) is 0 Å². The van der Waals surface area contributed by atoms with Crippen LogP contribution in [0.15, 0.2) is 49.6 Å². The first-order chi connectivity index (χ1) is 10.1. The van der Waals surface area contributed by atoms with E-state index in [0.717, 1.165) is 0 Å². The van der Waals surface area contributed by atoms with Crippen LogP contribution in [0.5, 0.6) is 5.75 Å². The lowest BCUT2D eigenvalue weighted by molar-refractivity contribution is -0.139. The number of hydrogen-bond acceptors (Lipinski definition) is 3. The SMILES string of the molecule is C=CCC(CC=C)C(=O)Nc1ccc(OCC(=O)O)cc1. The van der Waals surface area contributed by atoms with Crippen molar-refractivity contribution >= 4 is 17.6 Å². The predicted octanol–water partition coefficient (Wildman–Crippen LogP) is 2.86. The number of aliphatic carboxylic acids is 1. The van der Waals surface area contributed by atoms with Gasteiger partial charge in [-0.1, -0.05) is 12.2 Å². The molecule has 0 saturated heterocycles. The van der Waals surface area contributed by atoms with E-state index in [-0.39, 0.29) is 11.8 Å². The number of ether oxygens (including phenoxy) is 1. The number of allylic oxidation sites excluding steroid dienone is 2. The molecule has 0 unspecified atom stereocenters. The lowest BCUT2D eigenvalue weighted by atomic mass is 10.0. The van der Waals surface area contributed by atoms with Crippen LogP contribution in [-0.4, -0.2) is 23.6 Å². The summed E-state index contributed by atoms with van der Waals surface area (Å²) in [7, 11) is 0. The van der Waals surface area contributed by atoms with Crippen molar-refractivity contribution in [2.24, 2.45) is 5.92 Å². The van der Waals surface area contributed by atoms with E-state index in [0.29, 0.717) is 24.3 Å². The highest BCUT2D eigenvalue weighted by Gasteiger charge is 2.15. The molecular formula is C16H19NO4. The molecule has 0 aliphatic heterocycles. The summed E-state index contributed by atoms with van der Waals surface area (Å²) in [5.74, 6) is -0.898. The van der Waals surface area contributed by atoms with Gasteiger partial charge in [0.15, 0.2) is 6.61 Å². The molecule has 0 spiro atoms. The summed E-state index contributed by atoms with van der Waals surface area (Å²) in [5.41, 5.74) is 0.626. The summed E-state index contributed by atoms with van der Waals surface area (Å²) in [6, 6.07) is 6.53. The summed E-state index contributed by atoms with van der Waals surface area (Å²) in [5, 5.41) is 11.3. The average Bonchev–Trinajstić information content (AvgIpc) is 2.46. The number of carbonyl (C=O) groups excluding carboxylic acids is 1. The molecule has 112 valence electrons. The summed E-state index contributed by atoms with van der Waals surface area (Å²) in [6.45, 7) is 6.88. The molecule has 21 heavy (non-hydrogen) atoms. The van der Waals surface area contributed by atoms with Gasteiger partial charge in [-0.05, 0) is 37.1 Å². The van der Waals surface area contributed by atoms with Gasteiger partial charge in [-0.15, -0.1) is 13.2 Å². The van der Waals surface area contributed by atoms with E-state index in [4.69, 9.17) is 9.84 Å². The molecule has 0 fully saturated rings. The van der Waals surface area contributed by atoms with Crippen LogP contribution in [0, 0.1) is 5.92 Å². The van der Waals surface area contributed by atoms with E-state index in [1.807, 2.05) is 0 Å². The number of benzene rings is 1. The minimum atomic E-state index is -1.04. The predicted molar refractivity (Wildman–Crippen MR) is 81.3 cm³/mol. The molecule has 0 bridgehead atoms. The van der Waals surface area contributed by atoms with Gasteiger partial charge in [0.1, 0.15) is 5.75 Å². The van der Waals surface area contributed by atoms with Crippen molar-refractivity contribution in [3.63, 3.8) is 0 Å². The van der Waals surface area contributed by atoms with E-state index < -0.39 is 12.6 Å². The molecule has 1 amide bonds. The lowest BCUT2D eigenvalue weighted by Crippen LogP contribution is -2.22. The number of hydrogen-bond donors (Lipinski definition) is 2. The number of carboxylic acids is 1. The highest BCUT2D eigenvalue weighted by Crippen LogP contribution is 2.18. The third kappa shape index (κ3) is 5.95. The van der Waals surface area contributed by atoms with E-state index in [1.54, 1.807) is 36.4 Å². The second-order valence-electron chi connectivity index (χ2n) is 4.44. The minimum absolute atomic E-state index is 0.103. The monoisotopic (exact) mass is 289 g/mol. The largest absolute Gasteiger partial charge is 0.482 e. The van der Waals surface area contributed by atoms with Crippen LogP contribution in [0.4, 0.5) is 5.69 Å². The van der Waals surface area contributed by atoms with Crippen LogP contribution < -0.4 is 10.1 Å². The van der Waals surface area contributed by atoms with Gasteiger partial charge in [0.2, 0.25) is 5.91 Å². The van der Waals surface area contributed by atoms with Gasteiger partial charge < -0.3 is 15.2 Å². The standard InChI is InChI=1S/C16H19NO4/c1-3-5-12(6-4-2)16(20)17-13-7-9-14(10-8-13)21-11-15(18)19/h3-4,7-10,12H,1-2,5-6,11H2,(H,17,20)(H,18,19). The first kappa shape index (κ1) is 16.5. The number of nitrogens with one attached hydrogen (secondary N) is 1. The Morgan fingerprint density at radius 1 is 1.19 bits per heavy atom. The Labute approximate surface area is 123 Å². The fraction of sp³-hybridized carbons (Fsp3) is 0.250. The zero-order valence-corrected chi connectivity index (χ0v) is 11.7. The van der Waals surface area contributed by atoms with Crippen LogP contribution in [0.2, 0.25) is 0 Å². The van der Waals surface area contributed by atoms with E-state index in [9.17, 15) is 9.59 Å². The van der Waals surface area contributed by atoms with Crippen molar-refractivity contribution in [2.75, 3.05) is 11.9 Å². The maximum absolute atomic E-state index is 12.1. The Bertz CT molecular complexity index is 498. The van der Waals surface area contributed by atoms with Gasteiger partial charge in [-0.2, -0.15) is 0 Å². The van der Waals surface area contributed by atoms with Crippen molar-refractivity contribution in [1.82, 2.24) is 0 Å².